The third-order valence-corrected chi connectivity index (χ3v) is 2.85. The molecule has 1 unspecified atom stereocenters. The fraction of sp³-hybridized carbons (Fsp3) is 0.333. The first-order valence-electron chi connectivity index (χ1n) is 5.55. The van der Waals surface area contributed by atoms with E-state index in [2.05, 4.69) is 10.5 Å². The molecule has 0 heterocycles. The fourth-order valence-electron chi connectivity index (χ4n) is 1.74. The van der Waals surface area contributed by atoms with Gasteiger partial charge in [0, 0.05) is 5.56 Å². The molecule has 90 valence electrons. The highest BCUT2D eigenvalue weighted by molar-refractivity contribution is 5.98. The van der Waals surface area contributed by atoms with Gasteiger partial charge in [0.05, 0.1) is 6.04 Å². The molecule has 2 rings (SSSR count). The van der Waals surface area contributed by atoms with Gasteiger partial charge in [0.15, 0.2) is 5.84 Å². The molecule has 1 amide bonds. The number of nitrogens with two attached hydrogens (primary N) is 1. The molecule has 0 bridgehead atoms. The summed E-state index contributed by atoms with van der Waals surface area (Å²) in [6, 6.07) is 8.53. The van der Waals surface area contributed by atoms with E-state index < -0.39 is 0 Å². The summed E-state index contributed by atoms with van der Waals surface area (Å²) in [5.41, 5.74) is 6.14. The van der Waals surface area contributed by atoms with E-state index >= 15 is 0 Å². The standard InChI is InChI=1S/C12H15N3O2/c13-11(15-17)10(8-6-7-8)14-12(16)9-4-2-1-3-5-9/h1-5,8,10,17H,6-7H2,(H2,13,15)(H,14,16). The minimum atomic E-state index is -0.368. The number of carbonyl (C=O) groups excluding carboxylic acids is 1. The van der Waals surface area contributed by atoms with E-state index in [1.807, 2.05) is 6.07 Å². The lowest BCUT2D eigenvalue weighted by atomic mass is 10.1. The van der Waals surface area contributed by atoms with Gasteiger partial charge in [0.2, 0.25) is 0 Å². The van der Waals surface area contributed by atoms with Gasteiger partial charge in [-0.05, 0) is 30.9 Å². The van der Waals surface area contributed by atoms with Crippen molar-refractivity contribution >= 4 is 11.7 Å². The molecule has 5 nitrogen and oxygen atoms in total. The van der Waals surface area contributed by atoms with Crippen molar-refractivity contribution in [3.05, 3.63) is 35.9 Å². The van der Waals surface area contributed by atoms with Crippen LogP contribution in [0.1, 0.15) is 23.2 Å². The Bertz CT molecular complexity index is 427. The molecule has 0 radical (unpaired) electrons. The van der Waals surface area contributed by atoms with Crippen molar-refractivity contribution in [3.63, 3.8) is 0 Å². The second-order valence-electron chi connectivity index (χ2n) is 4.18. The SMILES string of the molecule is NC(=NO)C(NC(=O)c1ccccc1)C1CC1. The van der Waals surface area contributed by atoms with Crippen LogP contribution >= 0.6 is 0 Å². The quantitative estimate of drug-likeness (QED) is 0.313. The zero-order valence-corrected chi connectivity index (χ0v) is 9.34. The zero-order chi connectivity index (χ0) is 12.3. The third-order valence-electron chi connectivity index (χ3n) is 2.85. The minimum absolute atomic E-state index is 0.0665. The average Bonchev–Trinajstić information content (AvgIpc) is 3.20. The lowest BCUT2D eigenvalue weighted by molar-refractivity contribution is 0.0943. The third kappa shape index (κ3) is 2.75. The number of hydrogen-bond donors (Lipinski definition) is 3. The Morgan fingerprint density at radius 2 is 2.06 bits per heavy atom. The maximum Gasteiger partial charge on any atom is 0.251 e. The Morgan fingerprint density at radius 3 is 2.59 bits per heavy atom. The van der Waals surface area contributed by atoms with Crippen LogP contribution in [0, 0.1) is 5.92 Å². The molecule has 17 heavy (non-hydrogen) atoms. The summed E-state index contributed by atoms with van der Waals surface area (Å²) in [4.78, 5) is 11.9. The van der Waals surface area contributed by atoms with Crippen molar-refractivity contribution in [1.82, 2.24) is 5.32 Å². The molecule has 1 atom stereocenters. The number of benzene rings is 1. The van der Waals surface area contributed by atoms with Crippen LogP contribution in [-0.2, 0) is 0 Å². The van der Waals surface area contributed by atoms with Crippen molar-refractivity contribution in [2.45, 2.75) is 18.9 Å². The van der Waals surface area contributed by atoms with Gasteiger partial charge < -0.3 is 16.3 Å². The highest BCUT2D eigenvalue weighted by Gasteiger charge is 2.35. The van der Waals surface area contributed by atoms with E-state index in [4.69, 9.17) is 10.9 Å². The second kappa shape index (κ2) is 4.86. The number of nitrogens with one attached hydrogen (secondary N) is 1. The fourth-order valence-corrected chi connectivity index (χ4v) is 1.74. The van der Waals surface area contributed by atoms with Crippen LogP contribution < -0.4 is 11.1 Å². The number of oxime groups is 1. The molecule has 4 N–H and O–H groups in total. The number of carbonyl (C=O) groups is 1. The zero-order valence-electron chi connectivity index (χ0n) is 9.34. The molecule has 1 aromatic rings. The van der Waals surface area contributed by atoms with Crippen molar-refractivity contribution in [2.75, 3.05) is 0 Å². The van der Waals surface area contributed by atoms with Crippen LogP contribution in [0.4, 0.5) is 0 Å². The van der Waals surface area contributed by atoms with E-state index in [0.29, 0.717) is 11.5 Å². The van der Waals surface area contributed by atoms with Gasteiger partial charge in [-0.3, -0.25) is 4.79 Å². The summed E-state index contributed by atoms with van der Waals surface area (Å²) >= 11 is 0. The lowest BCUT2D eigenvalue weighted by Gasteiger charge is -2.16. The second-order valence-corrected chi connectivity index (χ2v) is 4.18. The molecule has 5 heteroatoms. The number of amidine groups is 1. The highest BCUT2D eigenvalue weighted by atomic mass is 16.4. The molecular formula is C12H15N3O2. The predicted octanol–water partition coefficient (Wildman–Crippen LogP) is 0.941. The summed E-state index contributed by atoms with van der Waals surface area (Å²) in [5, 5.41) is 14.4. The first-order valence-corrected chi connectivity index (χ1v) is 5.55. The topological polar surface area (TPSA) is 87.7 Å². The Labute approximate surface area is 99.3 Å². The van der Waals surface area contributed by atoms with Gasteiger partial charge in [-0.15, -0.1) is 0 Å². The largest absolute Gasteiger partial charge is 0.409 e. The summed E-state index contributed by atoms with van der Waals surface area (Å²) < 4.78 is 0. The highest BCUT2D eigenvalue weighted by Crippen LogP contribution is 2.32. The molecule has 1 saturated carbocycles. The average molecular weight is 233 g/mol. The van der Waals surface area contributed by atoms with Gasteiger partial charge >= 0.3 is 0 Å². The Hall–Kier alpha value is -2.04. The van der Waals surface area contributed by atoms with E-state index in [-0.39, 0.29) is 17.8 Å². The minimum Gasteiger partial charge on any atom is -0.409 e. The Morgan fingerprint density at radius 1 is 1.41 bits per heavy atom. The molecule has 1 aromatic carbocycles. The van der Waals surface area contributed by atoms with Gasteiger partial charge in [0.1, 0.15) is 0 Å². The van der Waals surface area contributed by atoms with Crippen LogP contribution in [0.5, 0.6) is 0 Å². The van der Waals surface area contributed by atoms with Crippen LogP contribution in [0.25, 0.3) is 0 Å². The first-order chi connectivity index (χ1) is 8.22. The molecule has 0 aliphatic heterocycles. The summed E-state index contributed by atoms with van der Waals surface area (Å²) in [6.07, 6.45) is 1.99. The molecule has 1 fully saturated rings. The molecule has 0 saturated heterocycles. The van der Waals surface area contributed by atoms with E-state index in [9.17, 15) is 4.79 Å². The molecule has 0 spiro atoms. The van der Waals surface area contributed by atoms with Crippen LogP contribution in [0.2, 0.25) is 0 Å². The number of rotatable bonds is 4. The van der Waals surface area contributed by atoms with Crippen LogP contribution in [0.3, 0.4) is 0 Å². The van der Waals surface area contributed by atoms with Crippen molar-refractivity contribution in [2.24, 2.45) is 16.8 Å². The van der Waals surface area contributed by atoms with Gasteiger partial charge in [0.25, 0.3) is 5.91 Å². The molecular weight excluding hydrogens is 218 g/mol. The maximum atomic E-state index is 11.9. The number of nitrogens with zero attached hydrogens (tertiary/aromatic N) is 1. The number of hydrogen-bond acceptors (Lipinski definition) is 3. The van der Waals surface area contributed by atoms with Crippen molar-refractivity contribution in [1.29, 1.82) is 0 Å². The van der Waals surface area contributed by atoms with Crippen LogP contribution in [-0.4, -0.2) is 23.0 Å². The monoisotopic (exact) mass is 233 g/mol. The maximum absolute atomic E-state index is 11.9. The lowest BCUT2D eigenvalue weighted by Crippen LogP contribution is -2.46. The summed E-state index contributed by atoms with van der Waals surface area (Å²) in [7, 11) is 0. The van der Waals surface area contributed by atoms with Gasteiger partial charge in [-0.25, -0.2) is 0 Å². The predicted molar refractivity (Wildman–Crippen MR) is 63.8 cm³/mol. The van der Waals surface area contributed by atoms with E-state index in [1.54, 1.807) is 24.3 Å². The van der Waals surface area contributed by atoms with E-state index in [0.717, 1.165) is 12.8 Å². The smallest absolute Gasteiger partial charge is 0.251 e. The van der Waals surface area contributed by atoms with Gasteiger partial charge in [-0.1, -0.05) is 23.4 Å². The van der Waals surface area contributed by atoms with Crippen molar-refractivity contribution < 1.29 is 10.0 Å². The summed E-state index contributed by atoms with van der Waals surface area (Å²) in [6.45, 7) is 0. The first kappa shape index (κ1) is 11.4. The molecule has 1 aliphatic carbocycles. The molecule has 1 aliphatic rings. The Balaban J connectivity index is 2.06. The van der Waals surface area contributed by atoms with Gasteiger partial charge in [-0.2, -0.15) is 0 Å². The Kier molecular flexibility index (Phi) is 3.27. The van der Waals surface area contributed by atoms with E-state index in [1.165, 1.54) is 0 Å². The normalized spacial score (nSPS) is 17.5. The number of amides is 1. The van der Waals surface area contributed by atoms with Crippen molar-refractivity contribution in [3.8, 4) is 0 Å². The molecule has 0 aromatic heterocycles. The van der Waals surface area contributed by atoms with Crippen LogP contribution in [0.15, 0.2) is 35.5 Å². The summed E-state index contributed by atoms with van der Waals surface area (Å²) in [5.74, 6) is 0.157.